The Morgan fingerprint density at radius 1 is 1.56 bits per heavy atom. The van der Waals surface area contributed by atoms with E-state index in [4.69, 9.17) is 10.3 Å². The fourth-order valence-electron chi connectivity index (χ4n) is 1.32. The van der Waals surface area contributed by atoms with Crippen molar-refractivity contribution in [1.29, 1.82) is 0 Å². The van der Waals surface area contributed by atoms with Gasteiger partial charge in [0.1, 0.15) is 5.69 Å². The van der Waals surface area contributed by atoms with Crippen molar-refractivity contribution in [3.05, 3.63) is 17.8 Å². The molecule has 0 bridgehead atoms. The van der Waals surface area contributed by atoms with Crippen molar-refractivity contribution in [3.63, 3.8) is 0 Å². The highest BCUT2D eigenvalue weighted by Crippen LogP contribution is 2.20. The van der Waals surface area contributed by atoms with Gasteiger partial charge in [-0.25, -0.2) is 4.79 Å². The number of hydrogen-bond acceptors (Lipinski definition) is 6. The van der Waals surface area contributed by atoms with Gasteiger partial charge in [-0.15, -0.1) is 0 Å². The minimum Gasteiger partial charge on any atom is -0.464 e. The highest BCUT2D eigenvalue weighted by atomic mass is 16.5. The Labute approximate surface area is 90.8 Å². The number of hydrogen-bond donors (Lipinski definition) is 1. The quantitative estimate of drug-likeness (QED) is 0.741. The van der Waals surface area contributed by atoms with Gasteiger partial charge < -0.3 is 15.0 Å². The van der Waals surface area contributed by atoms with Gasteiger partial charge >= 0.3 is 5.97 Å². The van der Waals surface area contributed by atoms with Gasteiger partial charge in [-0.3, -0.25) is 4.68 Å². The Morgan fingerprint density at radius 2 is 2.31 bits per heavy atom. The second-order valence-corrected chi connectivity index (χ2v) is 3.14. The van der Waals surface area contributed by atoms with Crippen LogP contribution in [0.25, 0.3) is 11.4 Å². The number of aromatic nitrogens is 3. The zero-order valence-electron chi connectivity index (χ0n) is 8.80. The summed E-state index contributed by atoms with van der Waals surface area (Å²) in [5.74, 6) is -0.297. The normalized spacial score (nSPS) is 10.4. The molecule has 0 aromatic carbocycles. The van der Waals surface area contributed by atoms with Gasteiger partial charge in [0.15, 0.2) is 5.69 Å². The summed E-state index contributed by atoms with van der Waals surface area (Å²) < 4.78 is 10.8. The van der Waals surface area contributed by atoms with Gasteiger partial charge in [0.25, 0.3) is 0 Å². The third kappa shape index (κ3) is 1.62. The monoisotopic (exact) mass is 222 g/mol. The lowest BCUT2D eigenvalue weighted by molar-refractivity contribution is 0.0593. The molecule has 0 aliphatic carbocycles. The summed E-state index contributed by atoms with van der Waals surface area (Å²) in [5, 5.41) is 7.72. The van der Waals surface area contributed by atoms with Crippen molar-refractivity contribution in [2.45, 2.75) is 0 Å². The third-order valence-electron chi connectivity index (χ3n) is 2.07. The van der Waals surface area contributed by atoms with Crippen LogP contribution in [-0.4, -0.2) is 28.0 Å². The molecule has 0 saturated carbocycles. The minimum absolute atomic E-state index is 0.204. The maximum Gasteiger partial charge on any atom is 0.358 e. The maximum absolute atomic E-state index is 11.2. The van der Waals surface area contributed by atoms with Crippen molar-refractivity contribution < 1.29 is 14.1 Å². The Bertz CT molecular complexity index is 529. The van der Waals surface area contributed by atoms with Crippen molar-refractivity contribution in [2.24, 2.45) is 7.05 Å². The SMILES string of the molecule is COC(=O)c1cc(-c2cc(N)on2)n(C)n1. The number of nitrogen functional groups attached to an aromatic ring is 1. The van der Waals surface area contributed by atoms with Gasteiger partial charge in [-0.2, -0.15) is 5.10 Å². The molecule has 2 heterocycles. The van der Waals surface area contributed by atoms with E-state index in [1.807, 2.05) is 0 Å². The largest absolute Gasteiger partial charge is 0.464 e. The Kier molecular flexibility index (Phi) is 2.35. The topological polar surface area (TPSA) is 96.2 Å². The van der Waals surface area contributed by atoms with Crippen LogP contribution in [0.5, 0.6) is 0 Å². The maximum atomic E-state index is 11.2. The highest BCUT2D eigenvalue weighted by Gasteiger charge is 2.16. The number of rotatable bonds is 2. The van der Waals surface area contributed by atoms with Gasteiger partial charge in [0.2, 0.25) is 5.88 Å². The molecule has 7 nitrogen and oxygen atoms in total. The molecule has 0 amide bonds. The van der Waals surface area contributed by atoms with Gasteiger partial charge in [-0.1, -0.05) is 5.16 Å². The van der Waals surface area contributed by atoms with Crippen LogP contribution >= 0.6 is 0 Å². The lowest BCUT2D eigenvalue weighted by atomic mass is 10.3. The summed E-state index contributed by atoms with van der Waals surface area (Å²) in [4.78, 5) is 11.2. The molecule has 0 aliphatic rings. The molecular weight excluding hydrogens is 212 g/mol. The molecule has 0 saturated heterocycles. The van der Waals surface area contributed by atoms with E-state index in [1.165, 1.54) is 11.8 Å². The van der Waals surface area contributed by atoms with Crippen LogP contribution in [0.3, 0.4) is 0 Å². The molecule has 2 rings (SSSR count). The van der Waals surface area contributed by atoms with Crippen molar-refractivity contribution >= 4 is 11.9 Å². The lowest BCUT2D eigenvalue weighted by Gasteiger charge is -1.93. The number of aryl methyl sites for hydroxylation is 1. The molecule has 0 spiro atoms. The molecule has 2 N–H and O–H groups in total. The van der Waals surface area contributed by atoms with Gasteiger partial charge in [-0.05, 0) is 0 Å². The summed E-state index contributed by atoms with van der Waals surface area (Å²) >= 11 is 0. The second kappa shape index (κ2) is 3.69. The van der Waals surface area contributed by atoms with Crippen LogP contribution in [-0.2, 0) is 11.8 Å². The van der Waals surface area contributed by atoms with Crippen LogP contribution in [0.15, 0.2) is 16.7 Å². The molecule has 0 unspecified atom stereocenters. The minimum atomic E-state index is -0.502. The molecule has 0 atom stereocenters. The van der Waals surface area contributed by atoms with Crippen LogP contribution < -0.4 is 5.73 Å². The molecule has 0 aliphatic heterocycles. The average Bonchev–Trinajstić information content (AvgIpc) is 2.83. The summed E-state index contributed by atoms with van der Waals surface area (Å²) in [6.45, 7) is 0. The fourth-order valence-corrected chi connectivity index (χ4v) is 1.32. The van der Waals surface area contributed by atoms with E-state index in [0.29, 0.717) is 11.4 Å². The van der Waals surface area contributed by atoms with Gasteiger partial charge in [0.05, 0.1) is 12.8 Å². The third-order valence-corrected chi connectivity index (χ3v) is 2.07. The zero-order chi connectivity index (χ0) is 11.7. The number of nitrogens with two attached hydrogens (primary N) is 1. The predicted octanol–water partition coefficient (Wildman–Crippen LogP) is 0.444. The second-order valence-electron chi connectivity index (χ2n) is 3.14. The van der Waals surface area contributed by atoms with E-state index >= 15 is 0 Å². The summed E-state index contributed by atoms with van der Waals surface area (Å²) in [7, 11) is 2.98. The van der Waals surface area contributed by atoms with E-state index in [9.17, 15) is 4.79 Å². The molecular formula is C9H10N4O3. The molecule has 0 fully saturated rings. The fraction of sp³-hybridized carbons (Fsp3) is 0.222. The molecule has 0 radical (unpaired) electrons. The zero-order valence-corrected chi connectivity index (χ0v) is 8.80. The molecule has 84 valence electrons. The summed E-state index contributed by atoms with van der Waals surface area (Å²) in [5.41, 5.74) is 6.76. The number of esters is 1. The first-order valence-electron chi connectivity index (χ1n) is 4.46. The first kappa shape index (κ1) is 10.2. The number of methoxy groups -OCH3 is 1. The van der Waals surface area contributed by atoms with Crippen LogP contribution in [0, 0.1) is 0 Å². The molecule has 2 aromatic heterocycles. The molecule has 16 heavy (non-hydrogen) atoms. The predicted molar refractivity (Wildman–Crippen MR) is 54.5 cm³/mol. The van der Waals surface area contributed by atoms with Crippen LogP contribution in [0.2, 0.25) is 0 Å². The van der Waals surface area contributed by atoms with Gasteiger partial charge in [0, 0.05) is 19.2 Å². The van der Waals surface area contributed by atoms with E-state index in [2.05, 4.69) is 15.0 Å². The highest BCUT2D eigenvalue weighted by molar-refractivity contribution is 5.88. The van der Waals surface area contributed by atoms with E-state index in [1.54, 1.807) is 19.2 Å². The number of carbonyl (C=O) groups excluding carboxylic acids is 1. The Balaban J connectivity index is 2.43. The summed E-state index contributed by atoms with van der Waals surface area (Å²) in [6.07, 6.45) is 0. The molecule has 2 aromatic rings. The van der Waals surface area contributed by atoms with Crippen molar-refractivity contribution in [1.82, 2.24) is 14.9 Å². The van der Waals surface area contributed by atoms with Crippen molar-refractivity contribution in [2.75, 3.05) is 12.8 Å². The van der Waals surface area contributed by atoms with Crippen LogP contribution in [0.4, 0.5) is 5.88 Å². The lowest BCUT2D eigenvalue weighted by Crippen LogP contribution is -2.02. The van der Waals surface area contributed by atoms with Crippen molar-refractivity contribution in [3.8, 4) is 11.4 Å². The Hall–Kier alpha value is -2.31. The summed E-state index contributed by atoms with van der Waals surface area (Å²) in [6, 6.07) is 3.11. The number of anilines is 1. The van der Waals surface area contributed by atoms with Crippen LogP contribution in [0.1, 0.15) is 10.5 Å². The average molecular weight is 222 g/mol. The standard InChI is InChI=1S/C9H10N4O3/c1-13-7(5-4-8(10)16-12-5)3-6(11-13)9(14)15-2/h3-4H,10H2,1-2H3. The smallest absolute Gasteiger partial charge is 0.358 e. The number of nitrogens with zero attached hydrogens (tertiary/aromatic N) is 3. The Morgan fingerprint density at radius 3 is 2.88 bits per heavy atom. The number of carbonyl (C=O) groups is 1. The van der Waals surface area contributed by atoms with E-state index in [-0.39, 0.29) is 11.6 Å². The van der Waals surface area contributed by atoms with E-state index < -0.39 is 5.97 Å². The van der Waals surface area contributed by atoms with E-state index in [0.717, 1.165) is 0 Å². The molecule has 7 heteroatoms. The number of ether oxygens (including phenoxy) is 1. The first-order valence-corrected chi connectivity index (χ1v) is 4.46. The first-order chi connectivity index (χ1) is 7.61.